The fourth-order valence-corrected chi connectivity index (χ4v) is 15.3. The number of aromatic nitrogens is 4. The summed E-state index contributed by atoms with van der Waals surface area (Å²) in [6, 6.07) is 89.0. The van der Waals surface area contributed by atoms with Gasteiger partial charge in [-0.05, 0) is 70.2 Å². The van der Waals surface area contributed by atoms with Gasteiger partial charge in [0.15, 0.2) is 0 Å². The second kappa shape index (κ2) is 14.4. The van der Waals surface area contributed by atoms with E-state index in [1.54, 1.807) is 0 Å². The highest BCUT2D eigenvalue weighted by atomic mass is 28.3. The molecule has 13 rings (SSSR count). The van der Waals surface area contributed by atoms with Gasteiger partial charge in [0.1, 0.15) is 5.82 Å². The maximum Gasteiger partial charge on any atom is 0.202 e. The molecule has 0 saturated heterocycles. The second-order valence-corrected chi connectivity index (χ2v) is 20.5. The number of fused-ring (bicyclic) bond motifs is 9. The Labute approximate surface area is 371 Å². The number of hydrogen-bond acceptors (Lipinski definition) is 1. The van der Waals surface area contributed by atoms with Crippen LogP contribution in [0, 0.1) is 0 Å². The van der Waals surface area contributed by atoms with Crippen LogP contribution in [0.15, 0.2) is 243 Å². The first-order valence-corrected chi connectivity index (χ1v) is 24.0. The van der Waals surface area contributed by atoms with E-state index in [2.05, 4.69) is 256 Å². The highest BCUT2D eigenvalue weighted by molar-refractivity contribution is 7.19. The molecule has 0 amide bonds. The molecule has 0 fully saturated rings. The van der Waals surface area contributed by atoms with Crippen LogP contribution in [0.1, 0.15) is 0 Å². The third-order valence-electron chi connectivity index (χ3n) is 13.4. The van der Waals surface area contributed by atoms with Crippen molar-refractivity contribution < 1.29 is 0 Å². The fraction of sp³-hybridized carbons (Fsp3) is 0. The predicted octanol–water partition coefficient (Wildman–Crippen LogP) is 11.8. The third-order valence-corrected chi connectivity index (χ3v) is 18.0. The number of hydrogen-bond donors (Lipinski definition) is 0. The molecule has 5 heteroatoms. The van der Waals surface area contributed by atoms with Crippen LogP contribution >= 0.6 is 0 Å². The smallest absolute Gasteiger partial charge is 0.202 e. The summed E-state index contributed by atoms with van der Waals surface area (Å²) in [5, 5.41) is 12.2. The van der Waals surface area contributed by atoms with Crippen LogP contribution < -0.4 is 20.9 Å². The average molecular weight is 833 g/mol. The molecule has 0 bridgehead atoms. The monoisotopic (exact) mass is 832 g/mol. The van der Waals surface area contributed by atoms with Crippen molar-refractivity contribution in [2.24, 2.45) is 0 Å². The van der Waals surface area contributed by atoms with Crippen LogP contribution in [0.5, 0.6) is 0 Å². The third kappa shape index (κ3) is 5.31. The summed E-state index contributed by atoms with van der Waals surface area (Å²) in [6.07, 6.45) is 0. The lowest BCUT2D eigenvalue weighted by Gasteiger charge is -2.34. The van der Waals surface area contributed by atoms with Crippen molar-refractivity contribution in [3.8, 4) is 17.2 Å². The van der Waals surface area contributed by atoms with Crippen LogP contribution in [0.3, 0.4) is 0 Å². The summed E-state index contributed by atoms with van der Waals surface area (Å²) < 4.78 is 7.27. The number of para-hydroxylation sites is 5. The van der Waals surface area contributed by atoms with Crippen LogP contribution in [0.25, 0.3) is 82.6 Å². The van der Waals surface area contributed by atoms with Crippen molar-refractivity contribution in [3.05, 3.63) is 243 Å². The predicted molar refractivity (Wildman–Crippen MR) is 271 cm³/mol. The van der Waals surface area contributed by atoms with Gasteiger partial charge < -0.3 is 9.13 Å². The Morgan fingerprint density at radius 1 is 0.266 bits per heavy atom. The maximum absolute atomic E-state index is 5.96. The largest absolute Gasteiger partial charge is 0.309 e. The van der Waals surface area contributed by atoms with Crippen molar-refractivity contribution in [2.45, 2.75) is 0 Å². The second-order valence-electron chi connectivity index (χ2n) is 16.7. The minimum Gasteiger partial charge on any atom is -0.309 e. The molecule has 13 aromatic rings. The summed E-state index contributed by atoms with van der Waals surface area (Å²) in [4.78, 5) is 5.96. The Morgan fingerprint density at radius 2 is 0.609 bits per heavy atom. The summed E-state index contributed by atoms with van der Waals surface area (Å²) >= 11 is 0. The number of pyridine rings is 1. The van der Waals surface area contributed by atoms with E-state index < -0.39 is 8.07 Å². The molecule has 64 heavy (non-hydrogen) atoms. The molecular weight excluding hydrogens is 793 g/mol. The summed E-state index contributed by atoms with van der Waals surface area (Å²) in [5.41, 5.74) is 9.15. The van der Waals surface area contributed by atoms with Gasteiger partial charge >= 0.3 is 0 Å². The molecule has 0 unspecified atom stereocenters. The molecule has 0 aliphatic heterocycles. The van der Waals surface area contributed by atoms with E-state index in [1.165, 1.54) is 58.9 Å². The molecule has 0 N–H and O–H groups in total. The van der Waals surface area contributed by atoms with Crippen molar-refractivity contribution in [3.63, 3.8) is 0 Å². The highest BCUT2D eigenvalue weighted by Crippen LogP contribution is 2.38. The van der Waals surface area contributed by atoms with Gasteiger partial charge in [0.2, 0.25) is 8.07 Å². The van der Waals surface area contributed by atoms with Crippen LogP contribution in [0.2, 0.25) is 0 Å². The molecule has 0 atom stereocenters. The fourth-order valence-electron chi connectivity index (χ4n) is 10.7. The summed E-state index contributed by atoms with van der Waals surface area (Å²) in [6.45, 7) is 0. The molecule has 0 radical (unpaired) electrons. The van der Waals surface area contributed by atoms with Crippen molar-refractivity contribution >= 4 is 94.4 Å². The lowest BCUT2D eigenvalue weighted by atomic mass is 10.1. The highest BCUT2D eigenvalue weighted by Gasteiger charge is 2.43. The van der Waals surface area contributed by atoms with E-state index in [-0.39, 0.29) is 0 Å². The Hall–Kier alpha value is -8.25. The molecule has 0 saturated carbocycles. The molecule has 0 aliphatic rings. The first-order chi connectivity index (χ1) is 31.8. The van der Waals surface area contributed by atoms with Crippen molar-refractivity contribution in [1.82, 2.24) is 18.7 Å². The van der Waals surface area contributed by atoms with Crippen molar-refractivity contribution in [2.75, 3.05) is 0 Å². The normalized spacial score (nSPS) is 12.1. The molecule has 4 heterocycles. The zero-order valence-electron chi connectivity index (χ0n) is 34.9. The van der Waals surface area contributed by atoms with Gasteiger partial charge in [-0.3, -0.25) is 4.57 Å². The van der Waals surface area contributed by atoms with Crippen molar-refractivity contribution in [1.29, 1.82) is 0 Å². The van der Waals surface area contributed by atoms with Crippen LogP contribution in [-0.4, -0.2) is 26.8 Å². The van der Waals surface area contributed by atoms with E-state index in [1.807, 2.05) is 0 Å². The van der Waals surface area contributed by atoms with E-state index in [0.717, 1.165) is 44.6 Å². The quantitative estimate of drug-likeness (QED) is 0.116. The Balaban J connectivity index is 1.16. The van der Waals surface area contributed by atoms with Gasteiger partial charge in [-0.15, -0.1) is 0 Å². The Morgan fingerprint density at radius 3 is 1.05 bits per heavy atom. The van der Waals surface area contributed by atoms with Gasteiger partial charge in [0.05, 0.1) is 38.8 Å². The first-order valence-electron chi connectivity index (χ1n) is 22.0. The zero-order chi connectivity index (χ0) is 42.2. The zero-order valence-corrected chi connectivity index (χ0v) is 35.9. The van der Waals surface area contributed by atoms with E-state index >= 15 is 0 Å². The minimum absolute atomic E-state index is 0.886. The topological polar surface area (TPSA) is 27.7 Å². The first kappa shape index (κ1) is 36.4. The molecular formula is C59H40N4Si. The van der Waals surface area contributed by atoms with Gasteiger partial charge in [-0.1, -0.05) is 182 Å². The number of rotatable bonds is 7. The van der Waals surface area contributed by atoms with E-state index in [4.69, 9.17) is 4.98 Å². The lowest BCUT2D eigenvalue weighted by Crippen LogP contribution is -2.75. The van der Waals surface area contributed by atoms with Crippen LogP contribution in [0.4, 0.5) is 0 Å². The molecule has 0 spiro atoms. The van der Waals surface area contributed by atoms with E-state index in [0.29, 0.717) is 0 Å². The maximum atomic E-state index is 5.96. The molecule has 4 aromatic heterocycles. The molecule has 9 aromatic carbocycles. The SMILES string of the molecule is c1ccc([Si](c2ccccc2)(c2ccccc2)c2cc(-n3c4ccccc4c4cc(-n5c6ccccc6c6ccccc65)ccc43)cc(-n3c4ccccc4c4ccccc43)n2)cc1. The Kier molecular flexibility index (Phi) is 8.20. The lowest BCUT2D eigenvalue weighted by molar-refractivity contribution is 1.07. The average Bonchev–Trinajstić information content (AvgIpc) is 4.01. The number of benzene rings is 9. The van der Waals surface area contributed by atoms with E-state index in [9.17, 15) is 0 Å². The molecule has 4 nitrogen and oxygen atoms in total. The van der Waals surface area contributed by atoms with Crippen LogP contribution in [-0.2, 0) is 0 Å². The van der Waals surface area contributed by atoms with Gasteiger partial charge in [-0.25, -0.2) is 4.98 Å². The van der Waals surface area contributed by atoms with Gasteiger partial charge in [0.25, 0.3) is 0 Å². The summed E-state index contributed by atoms with van der Waals surface area (Å²) in [7, 11) is -3.10. The molecule has 300 valence electrons. The standard InChI is InChI=1S/C59H40N4Si/c1-4-20-43(21-5-1)64(44-22-6-2-7-23-44,45-24-8-3-9-25-45)59-40-42(39-58(60-59)63-55-34-18-12-28-48(55)49-29-13-19-35-56(49)63)62-54-33-17-14-30-50(54)51-38-41(36-37-57(51)62)61-52-31-15-10-26-46(52)47-27-11-16-32-53(47)61/h1-40H. The molecule has 0 aliphatic carbocycles. The minimum atomic E-state index is -3.10. The van der Waals surface area contributed by atoms with Gasteiger partial charge in [0, 0.05) is 49.4 Å². The number of nitrogens with zero attached hydrogens (tertiary/aromatic N) is 4. The van der Waals surface area contributed by atoms with Gasteiger partial charge in [-0.2, -0.15) is 0 Å². The Bertz CT molecular complexity index is 3700. The summed E-state index contributed by atoms with van der Waals surface area (Å²) in [5.74, 6) is 0.886.